The third-order valence-corrected chi connectivity index (χ3v) is 4.01. The van der Waals surface area contributed by atoms with E-state index in [0.717, 1.165) is 27.9 Å². The highest BCUT2D eigenvalue weighted by Crippen LogP contribution is 2.26. The largest absolute Gasteiger partial charge is 0.508 e. The van der Waals surface area contributed by atoms with Gasteiger partial charge in [-0.2, -0.15) is 0 Å². The maximum absolute atomic E-state index is 9.29. The van der Waals surface area contributed by atoms with E-state index in [1.54, 1.807) is 12.1 Å². The molecule has 0 radical (unpaired) electrons. The number of benzene rings is 2. The molecule has 0 spiro atoms. The van der Waals surface area contributed by atoms with E-state index in [1.165, 1.54) is 12.8 Å². The molecule has 3 rings (SSSR count). The molecular weight excluding hydrogens is 330 g/mol. The molecule has 21 heavy (non-hydrogen) atoms. The van der Waals surface area contributed by atoms with Crippen LogP contribution in [0.3, 0.4) is 0 Å². The second-order valence-corrected chi connectivity index (χ2v) is 6.28. The number of aromatic hydroxyl groups is 1. The second kappa shape index (κ2) is 6.50. The minimum Gasteiger partial charge on any atom is -0.508 e. The summed E-state index contributed by atoms with van der Waals surface area (Å²) in [6, 6.07) is 13.9. The average molecular weight is 348 g/mol. The van der Waals surface area contributed by atoms with E-state index in [4.69, 9.17) is 4.74 Å². The Kier molecular flexibility index (Phi) is 4.46. The molecule has 3 nitrogen and oxygen atoms in total. The van der Waals surface area contributed by atoms with Crippen LogP contribution in [0.15, 0.2) is 46.9 Å². The summed E-state index contributed by atoms with van der Waals surface area (Å²) in [6.45, 7) is 1.33. The van der Waals surface area contributed by atoms with Gasteiger partial charge in [0.1, 0.15) is 18.1 Å². The van der Waals surface area contributed by atoms with Crippen LogP contribution in [0, 0.1) is 0 Å². The minimum absolute atomic E-state index is 0.275. The van der Waals surface area contributed by atoms with Gasteiger partial charge in [0.25, 0.3) is 0 Å². The molecule has 2 N–H and O–H groups in total. The maximum Gasteiger partial charge on any atom is 0.124 e. The van der Waals surface area contributed by atoms with Crippen LogP contribution < -0.4 is 10.1 Å². The van der Waals surface area contributed by atoms with Crippen LogP contribution in [-0.2, 0) is 13.2 Å². The highest BCUT2D eigenvalue weighted by atomic mass is 79.9. The molecule has 1 aliphatic rings. The Morgan fingerprint density at radius 1 is 1.14 bits per heavy atom. The first-order chi connectivity index (χ1) is 10.2. The van der Waals surface area contributed by atoms with Gasteiger partial charge in [0.15, 0.2) is 0 Å². The summed E-state index contributed by atoms with van der Waals surface area (Å²) >= 11 is 3.51. The van der Waals surface area contributed by atoms with Gasteiger partial charge in [-0.3, -0.25) is 0 Å². The van der Waals surface area contributed by atoms with Crippen LogP contribution in [0.25, 0.3) is 0 Å². The van der Waals surface area contributed by atoms with E-state index in [2.05, 4.69) is 27.3 Å². The fourth-order valence-electron chi connectivity index (χ4n) is 2.12. The van der Waals surface area contributed by atoms with Gasteiger partial charge in [0, 0.05) is 22.6 Å². The van der Waals surface area contributed by atoms with Crippen molar-refractivity contribution in [2.24, 2.45) is 0 Å². The number of rotatable bonds is 6. The first kappa shape index (κ1) is 14.4. The van der Waals surface area contributed by atoms with Gasteiger partial charge < -0.3 is 15.2 Å². The Labute approximate surface area is 133 Å². The second-order valence-electron chi connectivity index (χ2n) is 5.36. The number of phenols is 1. The molecule has 110 valence electrons. The van der Waals surface area contributed by atoms with Crippen LogP contribution >= 0.6 is 15.9 Å². The van der Waals surface area contributed by atoms with E-state index in [1.807, 2.05) is 24.3 Å². The number of hydrogen-bond donors (Lipinski definition) is 2. The number of phenolic OH excluding ortho intramolecular Hbond substituents is 1. The van der Waals surface area contributed by atoms with Crippen molar-refractivity contribution < 1.29 is 9.84 Å². The smallest absolute Gasteiger partial charge is 0.124 e. The Hall–Kier alpha value is -1.52. The molecule has 0 aromatic heterocycles. The third kappa shape index (κ3) is 4.22. The predicted octanol–water partition coefficient (Wildman–Crippen LogP) is 3.99. The molecule has 0 atom stereocenters. The van der Waals surface area contributed by atoms with E-state index < -0.39 is 0 Å². The van der Waals surface area contributed by atoms with Crippen LogP contribution in [0.4, 0.5) is 0 Å². The zero-order valence-corrected chi connectivity index (χ0v) is 13.3. The summed E-state index contributed by atoms with van der Waals surface area (Å²) in [7, 11) is 0. The van der Waals surface area contributed by atoms with E-state index in [-0.39, 0.29) is 5.75 Å². The summed E-state index contributed by atoms with van der Waals surface area (Å²) < 4.78 is 6.99. The lowest BCUT2D eigenvalue weighted by atomic mass is 10.2. The number of nitrogens with one attached hydrogen (secondary N) is 1. The van der Waals surface area contributed by atoms with Gasteiger partial charge in [0.2, 0.25) is 0 Å². The van der Waals surface area contributed by atoms with Crippen molar-refractivity contribution in [1.82, 2.24) is 5.32 Å². The van der Waals surface area contributed by atoms with Crippen molar-refractivity contribution in [1.29, 1.82) is 0 Å². The van der Waals surface area contributed by atoms with Crippen LogP contribution in [-0.4, -0.2) is 11.1 Å². The SMILES string of the molecule is Oc1ccc(COc2ccc(Br)cc2CNC2CC2)cc1. The third-order valence-electron chi connectivity index (χ3n) is 3.51. The Balaban J connectivity index is 1.66. The number of hydrogen-bond acceptors (Lipinski definition) is 3. The minimum atomic E-state index is 0.275. The van der Waals surface area contributed by atoms with Gasteiger partial charge >= 0.3 is 0 Å². The molecule has 1 saturated carbocycles. The van der Waals surface area contributed by atoms with Crippen molar-refractivity contribution in [3.05, 3.63) is 58.1 Å². The van der Waals surface area contributed by atoms with Gasteiger partial charge in [0.05, 0.1) is 0 Å². The normalized spacial score (nSPS) is 14.1. The lowest BCUT2D eigenvalue weighted by Gasteiger charge is -2.13. The topological polar surface area (TPSA) is 41.5 Å². The molecule has 4 heteroatoms. The molecule has 0 bridgehead atoms. The first-order valence-corrected chi connectivity index (χ1v) is 7.92. The molecule has 0 unspecified atom stereocenters. The molecular formula is C17H18BrNO2. The van der Waals surface area contributed by atoms with Crippen molar-refractivity contribution in [2.45, 2.75) is 32.0 Å². The molecule has 0 saturated heterocycles. The lowest BCUT2D eigenvalue weighted by molar-refractivity contribution is 0.302. The average Bonchev–Trinajstić information content (AvgIpc) is 3.30. The Morgan fingerprint density at radius 3 is 2.62 bits per heavy atom. The fourth-order valence-corrected chi connectivity index (χ4v) is 2.53. The fraction of sp³-hybridized carbons (Fsp3) is 0.294. The molecule has 2 aromatic rings. The predicted molar refractivity (Wildman–Crippen MR) is 86.4 cm³/mol. The Morgan fingerprint density at radius 2 is 1.90 bits per heavy atom. The Bertz CT molecular complexity index is 609. The molecule has 2 aromatic carbocycles. The van der Waals surface area contributed by atoms with Crippen molar-refractivity contribution in [3.63, 3.8) is 0 Å². The van der Waals surface area contributed by atoms with Crippen molar-refractivity contribution in [2.75, 3.05) is 0 Å². The van der Waals surface area contributed by atoms with Crippen molar-refractivity contribution >= 4 is 15.9 Å². The zero-order valence-electron chi connectivity index (χ0n) is 11.7. The first-order valence-electron chi connectivity index (χ1n) is 7.13. The van der Waals surface area contributed by atoms with Gasteiger partial charge in [-0.1, -0.05) is 28.1 Å². The maximum atomic E-state index is 9.29. The summed E-state index contributed by atoms with van der Waals surface area (Å²) in [5.74, 6) is 1.18. The van der Waals surface area contributed by atoms with Crippen LogP contribution in [0.5, 0.6) is 11.5 Å². The quantitative estimate of drug-likeness (QED) is 0.830. The highest BCUT2D eigenvalue weighted by molar-refractivity contribution is 9.10. The summed E-state index contributed by atoms with van der Waals surface area (Å²) in [5.41, 5.74) is 2.20. The van der Waals surface area contributed by atoms with Crippen molar-refractivity contribution in [3.8, 4) is 11.5 Å². The van der Waals surface area contributed by atoms with E-state index in [0.29, 0.717) is 12.6 Å². The standard InChI is InChI=1S/C17H18BrNO2/c18-14-3-8-17(13(9-14)10-19-15-4-5-15)21-11-12-1-6-16(20)7-2-12/h1-3,6-9,15,19-20H,4-5,10-11H2. The zero-order chi connectivity index (χ0) is 14.7. The van der Waals surface area contributed by atoms with E-state index in [9.17, 15) is 5.11 Å². The van der Waals surface area contributed by atoms with Gasteiger partial charge in [-0.05, 0) is 48.7 Å². The van der Waals surface area contributed by atoms with Crippen LogP contribution in [0.1, 0.15) is 24.0 Å². The van der Waals surface area contributed by atoms with Gasteiger partial charge in [-0.15, -0.1) is 0 Å². The number of ether oxygens (including phenoxy) is 1. The lowest BCUT2D eigenvalue weighted by Crippen LogP contribution is -2.16. The summed E-state index contributed by atoms with van der Waals surface area (Å²) in [5, 5.41) is 12.8. The van der Waals surface area contributed by atoms with E-state index >= 15 is 0 Å². The molecule has 1 aliphatic carbocycles. The molecule has 0 amide bonds. The summed E-state index contributed by atoms with van der Waals surface area (Å²) in [4.78, 5) is 0. The summed E-state index contributed by atoms with van der Waals surface area (Å²) in [6.07, 6.45) is 2.55. The number of halogens is 1. The molecule has 1 fully saturated rings. The van der Waals surface area contributed by atoms with Crippen LogP contribution in [0.2, 0.25) is 0 Å². The van der Waals surface area contributed by atoms with Gasteiger partial charge in [-0.25, -0.2) is 0 Å². The molecule has 0 aliphatic heterocycles. The monoisotopic (exact) mass is 347 g/mol. The highest BCUT2D eigenvalue weighted by Gasteiger charge is 2.20. The molecule has 0 heterocycles.